The van der Waals surface area contributed by atoms with Gasteiger partial charge in [-0.15, -0.1) is 0 Å². The molecule has 1 N–H and O–H groups in total. The van der Waals surface area contributed by atoms with Crippen molar-refractivity contribution in [2.75, 3.05) is 0 Å². The molecular weight excluding hydrogens is 275 g/mol. The first-order valence-electron chi connectivity index (χ1n) is 7.06. The standard InChI is InChI=1S/C17H16F3N/c18-14-6-4-13(5-7-14)17(12-2-3-12)21-10-11-1-8-15(19)16(20)9-11/h1,4-9,12,17,21H,2-3,10H2. The molecule has 4 heteroatoms. The van der Waals surface area contributed by atoms with Gasteiger partial charge in [0, 0.05) is 12.6 Å². The van der Waals surface area contributed by atoms with Crippen LogP contribution in [0, 0.1) is 23.4 Å². The summed E-state index contributed by atoms with van der Waals surface area (Å²) >= 11 is 0. The van der Waals surface area contributed by atoms with Gasteiger partial charge in [0.1, 0.15) is 5.82 Å². The van der Waals surface area contributed by atoms with Crippen LogP contribution in [0.1, 0.15) is 30.0 Å². The summed E-state index contributed by atoms with van der Waals surface area (Å²) in [5, 5.41) is 3.37. The molecule has 0 amide bonds. The molecule has 0 radical (unpaired) electrons. The first kappa shape index (κ1) is 14.1. The van der Waals surface area contributed by atoms with Gasteiger partial charge < -0.3 is 5.32 Å². The fraction of sp³-hybridized carbons (Fsp3) is 0.294. The maximum Gasteiger partial charge on any atom is 0.159 e. The van der Waals surface area contributed by atoms with Crippen molar-refractivity contribution in [3.63, 3.8) is 0 Å². The Morgan fingerprint density at radius 1 is 0.952 bits per heavy atom. The van der Waals surface area contributed by atoms with Crippen LogP contribution < -0.4 is 5.32 Å². The Morgan fingerprint density at radius 2 is 1.67 bits per heavy atom. The van der Waals surface area contributed by atoms with Crippen molar-refractivity contribution in [2.24, 2.45) is 5.92 Å². The lowest BCUT2D eigenvalue weighted by Crippen LogP contribution is -2.22. The quantitative estimate of drug-likeness (QED) is 0.864. The Kier molecular flexibility index (Phi) is 3.97. The van der Waals surface area contributed by atoms with Gasteiger partial charge in [0.05, 0.1) is 0 Å². The number of halogens is 3. The molecule has 0 aromatic heterocycles. The van der Waals surface area contributed by atoms with Crippen molar-refractivity contribution in [1.82, 2.24) is 5.32 Å². The first-order chi connectivity index (χ1) is 10.1. The molecule has 3 rings (SSSR count). The smallest absolute Gasteiger partial charge is 0.159 e. The van der Waals surface area contributed by atoms with Crippen molar-refractivity contribution >= 4 is 0 Å². The SMILES string of the molecule is Fc1ccc(C(NCc2ccc(F)c(F)c2)C2CC2)cc1. The van der Waals surface area contributed by atoms with Crippen LogP contribution in [0.5, 0.6) is 0 Å². The summed E-state index contributed by atoms with van der Waals surface area (Å²) in [6.07, 6.45) is 2.26. The minimum absolute atomic E-state index is 0.124. The lowest BCUT2D eigenvalue weighted by atomic mass is 10.0. The molecule has 2 aromatic carbocycles. The average Bonchev–Trinajstić information content (AvgIpc) is 3.29. The lowest BCUT2D eigenvalue weighted by molar-refractivity contribution is 0.474. The summed E-state index contributed by atoms with van der Waals surface area (Å²) in [5.41, 5.74) is 1.73. The van der Waals surface area contributed by atoms with E-state index in [9.17, 15) is 13.2 Å². The highest BCUT2D eigenvalue weighted by molar-refractivity contribution is 5.23. The summed E-state index contributed by atoms with van der Waals surface area (Å²) in [6.45, 7) is 0.454. The van der Waals surface area contributed by atoms with Crippen LogP contribution in [0.4, 0.5) is 13.2 Å². The van der Waals surface area contributed by atoms with Gasteiger partial charge in [-0.25, -0.2) is 13.2 Å². The fourth-order valence-corrected chi connectivity index (χ4v) is 2.53. The number of rotatable bonds is 5. The molecule has 1 unspecified atom stereocenters. The van der Waals surface area contributed by atoms with Gasteiger partial charge in [-0.2, -0.15) is 0 Å². The maximum absolute atomic E-state index is 13.2. The zero-order valence-electron chi connectivity index (χ0n) is 11.5. The van der Waals surface area contributed by atoms with Gasteiger partial charge >= 0.3 is 0 Å². The van der Waals surface area contributed by atoms with Crippen molar-refractivity contribution in [3.05, 3.63) is 71.0 Å². The predicted molar refractivity (Wildman–Crippen MR) is 75.1 cm³/mol. The van der Waals surface area contributed by atoms with Crippen LogP contribution in [0.3, 0.4) is 0 Å². The number of hydrogen-bond acceptors (Lipinski definition) is 1. The van der Waals surface area contributed by atoms with Crippen molar-refractivity contribution in [1.29, 1.82) is 0 Å². The molecule has 2 aromatic rings. The minimum atomic E-state index is -0.837. The average molecular weight is 291 g/mol. The normalized spacial score (nSPS) is 16.0. The van der Waals surface area contributed by atoms with Crippen molar-refractivity contribution in [3.8, 4) is 0 Å². The highest BCUT2D eigenvalue weighted by atomic mass is 19.2. The van der Waals surface area contributed by atoms with E-state index in [-0.39, 0.29) is 11.9 Å². The third-order valence-electron chi connectivity index (χ3n) is 3.83. The number of benzene rings is 2. The van der Waals surface area contributed by atoms with Crippen molar-refractivity contribution in [2.45, 2.75) is 25.4 Å². The van der Waals surface area contributed by atoms with E-state index in [0.717, 1.165) is 24.5 Å². The Bertz CT molecular complexity index is 620. The Balaban J connectivity index is 1.71. The predicted octanol–water partition coefficient (Wildman–Crippen LogP) is 4.34. The van der Waals surface area contributed by atoms with Crippen LogP contribution in [-0.2, 0) is 6.54 Å². The van der Waals surface area contributed by atoms with Gasteiger partial charge in [0.2, 0.25) is 0 Å². The highest BCUT2D eigenvalue weighted by Gasteiger charge is 2.31. The molecule has 0 heterocycles. The Hall–Kier alpha value is -1.81. The topological polar surface area (TPSA) is 12.0 Å². The van der Waals surface area contributed by atoms with Gasteiger partial charge in [-0.05, 0) is 54.2 Å². The molecule has 1 saturated carbocycles. The van der Waals surface area contributed by atoms with Crippen LogP contribution in [0.2, 0.25) is 0 Å². The Labute approximate surface area is 121 Å². The van der Waals surface area contributed by atoms with Gasteiger partial charge in [-0.1, -0.05) is 18.2 Å². The van der Waals surface area contributed by atoms with E-state index in [4.69, 9.17) is 0 Å². The van der Waals surface area contributed by atoms with E-state index in [1.54, 1.807) is 18.2 Å². The molecule has 0 aliphatic heterocycles. The van der Waals surface area contributed by atoms with Crippen LogP contribution in [0.25, 0.3) is 0 Å². The maximum atomic E-state index is 13.2. The molecule has 0 bridgehead atoms. The van der Waals surface area contributed by atoms with E-state index in [0.29, 0.717) is 18.0 Å². The highest BCUT2D eigenvalue weighted by Crippen LogP contribution is 2.41. The van der Waals surface area contributed by atoms with Gasteiger partial charge in [-0.3, -0.25) is 0 Å². The number of nitrogens with one attached hydrogen (secondary N) is 1. The summed E-state index contributed by atoms with van der Waals surface area (Å²) in [6, 6.07) is 10.5. The summed E-state index contributed by atoms with van der Waals surface area (Å²) in [5.74, 6) is -1.40. The van der Waals surface area contributed by atoms with Crippen LogP contribution in [-0.4, -0.2) is 0 Å². The molecule has 21 heavy (non-hydrogen) atoms. The molecular formula is C17H16F3N. The molecule has 0 saturated heterocycles. The van der Waals surface area contributed by atoms with E-state index < -0.39 is 11.6 Å². The van der Waals surface area contributed by atoms with E-state index in [1.807, 2.05) is 0 Å². The van der Waals surface area contributed by atoms with Gasteiger partial charge in [0.15, 0.2) is 11.6 Å². The second kappa shape index (κ2) is 5.90. The number of hydrogen-bond donors (Lipinski definition) is 1. The molecule has 1 atom stereocenters. The van der Waals surface area contributed by atoms with E-state index in [1.165, 1.54) is 18.2 Å². The molecule has 1 fully saturated rings. The second-order valence-electron chi connectivity index (χ2n) is 5.50. The van der Waals surface area contributed by atoms with Crippen LogP contribution >= 0.6 is 0 Å². The lowest BCUT2D eigenvalue weighted by Gasteiger charge is -2.19. The Morgan fingerprint density at radius 3 is 2.29 bits per heavy atom. The fourth-order valence-electron chi connectivity index (χ4n) is 2.53. The minimum Gasteiger partial charge on any atom is -0.306 e. The zero-order chi connectivity index (χ0) is 14.8. The zero-order valence-corrected chi connectivity index (χ0v) is 11.5. The summed E-state index contributed by atoms with van der Waals surface area (Å²) < 4.78 is 39.1. The summed E-state index contributed by atoms with van der Waals surface area (Å²) in [7, 11) is 0. The third-order valence-corrected chi connectivity index (χ3v) is 3.83. The van der Waals surface area contributed by atoms with Crippen LogP contribution in [0.15, 0.2) is 42.5 Å². The van der Waals surface area contributed by atoms with Gasteiger partial charge in [0.25, 0.3) is 0 Å². The van der Waals surface area contributed by atoms with Crippen molar-refractivity contribution < 1.29 is 13.2 Å². The largest absolute Gasteiger partial charge is 0.306 e. The van der Waals surface area contributed by atoms with E-state index in [2.05, 4.69) is 5.32 Å². The molecule has 0 spiro atoms. The molecule has 1 aliphatic carbocycles. The summed E-state index contributed by atoms with van der Waals surface area (Å²) in [4.78, 5) is 0. The first-order valence-corrected chi connectivity index (χ1v) is 7.06. The van der Waals surface area contributed by atoms with E-state index >= 15 is 0 Å². The molecule has 110 valence electrons. The monoisotopic (exact) mass is 291 g/mol. The molecule has 1 aliphatic rings. The molecule has 1 nitrogen and oxygen atoms in total. The second-order valence-corrected chi connectivity index (χ2v) is 5.50. The third kappa shape index (κ3) is 3.45.